The van der Waals surface area contributed by atoms with Gasteiger partial charge in [-0.05, 0) is 75.6 Å². The summed E-state index contributed by atoms with van der Waals surface area (Å²) in [5.41, 5.74) is -1.54. The zero-order chi connectivity index (χ0) is 67.2. The van der Waals surface area contributed by atoms with Crippen LogP contribution in [0.15, 0.2) is 33.9 Å². The summed E-state index contributed by atoms with van der Waals surface area (Å²) in [4.78, 5) is 199. The van der Waals surface area contributed by atoms with E-state index in [0.29, 0.717) is 0 Å². The van der Waals surface area contributed by atoms with Crippen molar-refractivity contribution in [3.05, 3.63) is 44.8 Å². The summed E-state index contributed by atoms with van der Waals surface area (Å²) >= 11 is 0. The molecule has 0 fully saturated rings. The van der Waals surface area contributed by atoms with E-state index < -0.39 is 253 Å². The van der Waals surface area contributed by atoms with Crippen LogP contribution in [0.1, 0.15) is 84.0 Å². The van der Waals surface area contributed by atoms with Gasteiger partial charge in [0.15, 0.2) is 5.43 Å². The summed E-state index contributed by atoms with van der Waals surface area (Å²) in [7, 11) is -5.68. The molecule has 6 amide bonds. The molecule has 0 saturated carbocycles. The third-order valence-electron chi connectivity index (χ3n) is 12.6. The molecule has 490 valence electrons. The number of amides is 6. The molecule has 89 heavy (non-hydrogen) atoms. The normalized spacial score (nSPS) is 15.3. The van der Waals surface area contributed by atoms with E-state index in [1.54, 1.807) is 5.32 Å². The number of benzene rings is 1. The number of aromatic nitrogens is 3. The van der Waals surface area contributed by atoms with Crippen LogP contribution in [-0.2, 0) is 82.5 Å². The molecule has 1 aromatic heterocycles. The molecule has 2 heterocycles. The minimum absolute atomic E-state index is 0.0192. The Morgan fingerprint density at radius 2 is 0.944 bits per heavy atom. The van der Waals surface area contributed by atoms with Crippen molar-refractivity contribution in [2.24, 2.45) is 0 Å². The monoisotopic (exact) mass is 1280 g/mol. The number of carbonyl (C=O) groups excluding carboxylic acids is 13. The van der Waals surface area contributed by atoms with Crippen molar-refractivity contribution in [2.75, 3.05) is 6.61 Å². The van der Waals surface area contributed by atoms with Crippen molar-refractivity contribution in [2.45, 2.75) is 151 Å². The summed E-state index contributed by atoms with van der Waals surface area (Å²) in [5, 5.41) is 136. The Hall–Kier alpha value is -9.53. The van der Waals surface area contributed by atoms with E-state index in [2.05, 4.69) is 14.0 Å². The van der Waals surface area contributed by atoms with Crippen molar-refractivity contribution in [1.29, 1.82) is 0 Å². The Balaban J connectivity index is 1.46. The number of phosphoric ester groups is 1. The summed E-state index contributed by atoms with van der Waals surface area (Å²) in [6, 6.07) is -8.20. The molecule has 1 aliphatic heterocycles. The number of pyridine rings is 1. The largest absolute Gasteiger partial charge is 0.846 e. The van der Waals surface area contributed by atoms with Crippen LogP contribution in [0.2, 0.25) is 0 Å². The summed E-state index contributed by atoms with van der Waals surface area (Å²) in [5.74, 6) is -21.0. The van der Waals surface area contributed by atoms with E-state index in [-0.39, 0.29) is 22.3 Å². The number of rotatable bonds is 40. The van der Waals surface area contributed by atoms with Gasteiger partial charge in [0.2, 0.25) is 35.4 Å². The predicted octanol–water partition coefficient (Wildman–Crippen LogP) is -15.9. The number of phosphoric acid groups is 1. The van der Waals surface area contributed by atoms with Gasteiger partial charge in [0, 0.05) is 44.1 Å². The SMILES string of the molecule is C[C@H](OP(=O)([O-])OC[C@@H](O)[C@@H](O)[C@@H](O)Cn1c2cc(=O)ccc-2cc2c(=O)[nH]c([O-])nc21)C(=O)N[C@@H](CCC(=O)N[C@@H](CCC(=O)N[C@@H](CCC(=O)N[C@@H](CCC(=O)N[C@@H](CCC(=O)N[C@@H](CCC(=O)[O-])C(=O)[O-])C(=O)[O-])C(=O)[O-])C(=O)[O-])C(=O)[O-])C(=O)[O-]. The molecule has 40 heteroatoms. The third kappa shape index (κ3) is 24.6. The summed E-state index contributed by atoms with van der Waals surface area (Å²) in [6.07, 6.45) is -18.5. The van der Waals surface area contributed by atoms with E-state index in [1.165, 1.54) is 12.1 Å². The van der Waals surface area contributed by atoms with Crippen molar-refractivity contribution in [3.8, 4) is 17.3 Å². The maximum atomic E-state index is 12.8. The zero-order valence-corrected chi connectivity index (χ0v) is 47.1. The average molecular weight is 1280 g/mol. The molecular weight excluding hydrogens is 1230 g/mol. The van der Waals surface area contributed by atoms with Gasteiger partial charge < -0.3 is 145 Å². The molecule has 11 atom stereocenters. The van der Waals surface area contributed by atoms with Gasteiger partial charge in [-0.3, -0.25) is 42.9 Å². The smallest absolute Gasteiger partial charge is 0.268 e. The van der Waals surface area contributed by atoms with Crippen molar-refractivity contribution in [1.82, 2.24) is 46.4 Å². The molecule has 0 spiro atoms. The maximum absolute atomic E-state index is 12.8. The molecule has 2 aliphatic rings. The molecule has 39 nitrogen and oxygen atoms in total. The highest BCUT2D eigenvalue weighted by molar-refractivity contribution is 7.45. The first kappa shape index (κ1) is 73.7. The second kappa shape index (κ2) is 34.1. The molecule has 0 radical (unpaired) electrons. The number of H-pyrrole nitrogens is 1. The zero-order valence-electron chi connectivity index (χ0n) is 46.2. The number of aliphatic carboxylic acids is 7. The highest BCUT2D eigenvalue weighted by Gasteiger charge is 2.31. The summed E-state index contributed by atoms with van der Waals surface area (Å²) < 4.78 is 22.7. The highest BCUT2D eigenvalue weighted by atomic mass is 31.2. The predicted molar refractivity (Wildman–Crippen MR) is 267 cm³/mol. The first-order valence-electron chi connectivity index (χ1n) is 26.1. The second-order valence-corrected chi connectivity index (χ2v) is 20.7. The minimum atomic E-state index is -5.68. The first-order valence-corrected chi connectivity index (χ1v) is 27.6. The number of fused-ring (bicyclic) bond motifs is 2. The number of hydrogen-bond acceptors (Lipinski definition) is 31. The second-order valence-electron chi connectivity index (χ2n) is 19.4. The number of carboxylic acid groups (broad SMARTS) is 7. The van der Waals surface area contributed by atoms with Crippen LogP contribution in [0.4, 0.5) is 0 Å². The Morgan fingerprint density at radius 3 is 1.31 bits per heavy atom. The Kier molecular flexibility index (Phi) is 28.3. The van der Waals surface area contributed by atoms with Gasteiger partial charge in [0.1, 0.15) is 30.1 Å². The van der Waals surface area contributed by atoms with Gasteiger partial charge in [-0.25, -0.2) is 4.98 Å². The van der Waals surface area contributed by atoms with Crippen LogP contribution in [0.3, 0.4) is 0 Å². The fraction of sp³-hybridized carbons (Fsp3) is 0.510. The van der Waals surface area contributed by atoms with E-state index in [4.69, 9.17) is 0 Å². The number of nitrogens with one attached hydrogen (secondary N) is 7. The fourth-order valence-corrected chi connectivity index (χ4v) is 8.84. The lowest BCUT2D eigenvalue weighted by molar-refractivity contribution is -0.311. The van der Waals surface area contributed by atoms with Crippen molar-refractivity contribution >= 4 is 96.1 Å². The molecule has 0 saturated heterocycles. The van der Waals surface area contributed by atoms with Gasteiger partial charge >= 0.3 is 0 Å². The third-order valence-corrected chi connectivity index (χ3v) is 13.7. The molecule has 1 unspecified atom stereocenters. The number of aromatic amines is 1. The first-order chi connectivity index (χ1) is 41.5. The lowest BCUT2D eigenvalue weighted by atomic mass is 10.0. The number of hydrogen-bond donors (Lipinski definition) is 10. The van der Waals surface area contributed by atoms with Gasteiger partial charge in [0.25, 0.3) is 13.4 Å². The molecule has 3 rings (SSSR count). The summed E-state index contributed by atoms with van der Waals surface area (Å²) in [6.45, 7) is -1.36. The minimum Gasteiger partial charge on any atom is -0.846 e. The fourth-order valence-electron chi connectivity index (χ4n) is 7.96. The number of carboxylic acids is 7. The Labute approximate surface area is 498 Å². The van der Waals surface area contributed by atoms with Crippen LogP contribution in [0, 0.1) is 0 Å². The lowest BCUT2D eigenvalue weighted by Crippen LogP contribution is -2.52. The molecule has 1 aliphatic carbocycles. The van der Waals surface area contributed by atoms with E-state index >= 15 is 0 Å². The van der Waals surface area contributed by atoms with Crippen LogP contribution < -0.4 is 88.6 Å². The van der Waals surface area contributed by atoms with Crippen LogP contribution in [0.25, 0.3) is 22.3 Å². The van der Waals surface area contributed by atoms with Gasteiger partial charge in [-0.15, -0.1) is 0 Å². The van der Waals surface area contributed by atoms with Crippen molar-refractivity contribution < 1.29 is 137 Å². The number of nitrogens with zero attached hydrogens (tertiary/aromatic N) is 2. The van der Waals surface area contributed by atoms with Crippen LogP contribution in [0.5, 0.6) is 6.01 Å². The molecule has 0 bridgehead atoms. The topological polar surface area (TPSA) is 666 Å². The average Bonchev–Trinajstić information content (AvgIpc) is 1.39. The van der Waals surface area contributed by atoms with Gasteiger partial charge in [-0.1, -0.05) is 0 Å². The number of carbonyl (C=O) groups is 13. The molecule has 0 aromatic carbocycles. The van der Waals surface area contributed by atoms with E-state index in [1.807, 2.05) is 31.6 Å². The maximum Gasteiger partial charge on any atom is 0.268 e. The van der Waals surface area contributed by atoms with Gasteiger partial charge in [-0.2, -0.15) is 0 Å². The van der Waals surface area contributed by atoms with Crippen LogP contribution in [-0.4, -0.2) is 174 Å². The molecule has 10 N–H and O–H groups in total. The number of aliphatic hydroxyl groups excluding tert-OH is 3. The van der Waals surface area contributed by atoms with E-state index in [9.17, 15) is 138 Å². The van der Waals surface area contributed by atoms with Crippen LogP contribution >= 0.6 is 7.82 Å². The Bertz CT molecular complexity index is 3280. The lowest BCUT2D eigenvalue weighted by Gasteiger charge is -2.30. The van der Waals surface area contributed by atoms with E-state index in [0.717, 1.165) is 23.6 Å². The molecule has 1 aromatic rings. The quantitative estimate of drug-likeness (QED) is 0.0187. The standard InChI is InChI=1S/C49H64N9O30P/c1-20(88-89(85,86)87-19-32(61)39(69)31(60)18-58-30-17-22(59)3-2-21(30)16-23-40(58)56-49(84)57-42(23)71)41(70)55-29(48(82)83)8-14-37(66)53-27(46(78)79)6-12-35(64)51-25(44(74)75)4-10-33(62)50-24(43(72)73)5-11-34(63)52-26(45(76)77)7-13-36(65)54-28(47(80)81)9-15-38(67)68/h2-3,16-17,20,24-29,31-32,39,60-61,69H,4-15,18-19H2,1H3,(H,50,62)(H,51,64)(H,52,63)(H,53,66)(H,54,65)(H,55,70)(H,67,68)(H,72,73)(H,74,75)(H,76,77)(H,78,79)(H,80,81)(H,82,83)(H,85,86)(H2,56,57,71,84)/p-9/t20-,24-,25-,26-,27-,28-,29-,31-,32+,39-/m0/s1. The van der Waals surface area contributed by atoms with Crippen molar-refractivity contribution in [3.63, 3.8) is 0 Å². The van der Waals surface area contributed by atoms with Gasteiger partial charge in [0.05, 0.1) is 102 Å². The molecular formula is C49H55N9O30P-9. The Morgan fingerprint density at radius 1 is 0.573 bits per heavy atom. The number of aliphatic hydroxyl groups is 3. The highest BCUT2D eigenvalue weighted by Crippen LogP contribution is 2.40.